The summed E-state index contributed by atoms with van der Waals surface area (Å²) in [5.74, 6) is 1.57. The maximum atomic E-state index is 12.1. The molecule has 0 spiro atoms. The molecule has 3 nitrogen and oxygen atoms in total. The fraction of sp³-hybridized carbons (Fsp3) is 0.588. The Labute approximate surface area is 121 Å². The molecule has 0 aliphatic heterocycles. The highest BCUT2D eigenvalue weighted by Crippen LogP contribution is 2.28. The van der Waals surface area contributed by atoms with E-state index in [1.165, 1.54) is 6.42 Å². The van der Waals surface area contributed by atoms with Crippen LogP contribution in [0.4, 0.5) is 0 Å². The number of hydrogen-bond acceptors (Lipinski definition) is 2. The van der Waals surface area contributed by atoms with Gasteiger partial charge < -0.3 is 11.1 Å². The number of hydrogen-bond donors (Lipinski definition) is 2. The quantitative estimate of drug-likeness (QED) is 0.887. The maximum absolute atomic E-state index is 12.1. The molecule has 1 saturated carbocycles. The van der Waals surface area contributed by atoms with Gasteiger partial charge in [-0.3, -0.25) is 4.79 Å². The minimum atomic E-state index is 0.136. The minimum Gasteiger partial charge on any atom is -0.353 e. The van der Waals surface area contributed by atoms with Crippen LogP contribution in [-0.2, 0) is 17.8 Å². The molecular weight excluding hydrogens is 248 g/mol. The van der Waals surface area contributed by atoms with E-state index in [9.17, 15) is 4.79 Å². The predicted molar refractivity (Wildman–Crippen MR) is 82.1 cm³/mol. The largest absolute Gasteiger partial charge is 0.353 e. The molecule has 0 saturated heterocycles. The summed E-state index contributed by atoms with van der Waals surface area (Å²) in [6.45, 7) is 5.10. The van der Waals surface area contributed by atoms with Crippen LogP contribution in [0.15, 0.2) is 24.3 Å². The zero-order valence-corrected chi connectivity index (χ0v) is 12.6. The van der Waals surface area contributed by atoms with Gasteiger partial charge in [0.15, 0.2) is 0 Å². The number of carbonyl (C=O) groups excluding carboxylic acids is 1. The van der Waals surface area contributed by atoms with Crippen LogP contribution >= 0.6 is 0 Å². The molecule has 3 N–H and O–H groups in total. The monoisotopic (exact) mass is 274 g/mol. The Kier molecular flexibility index (Phi) is 5.18. The molecule has 2 rings (SSSR count). The van der Waals surface area contributed by atoms with Crippen LogP contribution in [0.25, 0.3) is 0 Å². The molecule has 2 unspecified atom stereocenters. The van der Waals surface area contributed by atoms with Gasteiger partial charge in [0.2, 0.25) is 5.91 Å². The summed E-state index contributed by atoms with van der Waals surface area (Å²) in [4.78, 5) is 12.1. The van der Waals surface area contributed by atoms with Crippen LogP contribution in [0.3, 0.4) is 0 Å². The van der Waals surface area contributed by atoms with Crippen LogP contribution in [0.5, 0.6) is 0 Å². The van der Waals surface area contributed by atoms with Gasteiger partial charge in [0.25, 0.3) is 0 Å². The van der Waals surface area contributed by atoms with E-state index in [1.54, 1.807) is 0 Å². The number of nitrogens with two attached hydrogens (primary N) is 1. The van der Waals surface area contributed by atoms with Gasteiger partial charge in [-0.15, -0.1) is 0 Å². The van der Waals surface area contributed by atoms with E-state index < -0.39 is 0 Å². The van der Waals surface area contributed by atoms with Crippen molar-refractivity contribution in [3.8, 4) is 0 Å². The predicted octanol–water partition coefficient (Wildman–Crippen LogP) is 2.63. The Hall–Kier alpha value is -1.35. The fourth-order valence-corrected chi connectivity index (χ4v) is 3.32. The lowest BCUT2D eigenvalue weighted by molar-refractivity contribution is -0.121. The van der Waals surface area contributed by atoms with E-state index in [0.29, 0.717) is 30.8 Å². The number of nitrogens with one attached hydrogen (secondary N) is 1. The number of carbonyl (C=O) groups is 1. The van der Waals surface area contributed by atoms with Gasteiger partial charge in [0.1, 0.15) is 0 Å². The van der Waals surface area contributed by atoms with E-state index in [-0.39, 0.29) is 5.91 Å². The molecular formula is C17H26N2O. The topological polar surface area (TPSA) is 55.1 Å². The molecule has 1 amide bonds. The molecule has 1 aromatic carbocycles. The third-order valence-corrected chi connectivity index (χ3v) is 4.17. The second-order valence-corrected chi connectivity index (χ2v) is 6.38. The molecule has 110 valence electrons. The third-order valence-electron chi connectivity index (χ3n) is 4.17. The Morgan fingerprint density at radius 1 is 1.10 bits per heavy atom. The van der Waals surface area contributed by atoms with Gasteiger partial charge in [-0.25, -0.2) is 0 Å². The van der Waals surface area contributed by atoms with Crippen molar-refractivity contribution >= 4 is 5.91 Å². The zero-order chi connectivity index (χ0) is 14.5. The Bertz CT molecular complexity index is 431. The number of benzene rings is 1. The van der Waals surface area contributed by atoms with Crippen LogP contribution < -0.4 is 11.1 Å². The molecule has 0 bridgehead atoms. The first-order valence-electron chi connectivity index (χ1n) is 7.64. The van der Waals surface area contributed by atoms with Crippen LogP contribution in [0.2, 0.25) is 0 Å². The molecule has 1 fully saturated rings. The summed E-state index contributed by atoms with van der Waals surface area (Å²) in [6, 6.07) is 8.33. The van der Waals surface area contributed by atoms with Crippen LogP contribution in [0.1, 0.15) is 44.2 Å². The molecule has 0 radical (unpaired) electrons. The Morgan fingerprint density at radius 3 is 2.20 bits per heavy atom. The van der Waals surface area contributed by atoms with Crippen molar-refractivity contribution in [3.05, 3.63) is 35.4 Å². The second-order valence-electron chi connectivity index (χ2n) is 6.38. The average Bonchev–Trinajstić information content (AvgIpc) is 2.38. The van der Waals surface area contributed by atoms with E-state index in [2.05, 4.69) is 19.2 Å². The van der Waals surface area contributed by atoms with Gasteiger partial charge >= 0.3 is 0 Å². The molecule has 1 aliphatic carbocycles. The first kappa shape index (κ1) is 15.0. The van der Waals surface area contributed by atoms with Crippen molar-refractivity contribution in [1.82, 2.24) is 5.32 Å². The number of rotatable bonds is 4. The highest BCUT2D eigenvalue weighted by molar-refractivity contribution is 5.78. The standard InChI is InChI=1S/C17H26N2O/c1-12-7-13(2)9-16(8-12)19-17(20)10-14-3-5-15(11-18)6-4-14/h3-6,12-13,16H,7-11,18H2,1-2H3,(H,19,20). The lowest BCUT2D eigenvalue weighted by Crippen LogP contribution is -2.40. The van der Waals surface area contributed by atoms with Gasteiger partial charge in [0.05, 0.1) is 6.42 Å². The Balaban J connectivity index is 1.85. The molecule has 0 heterocycles. The summed E-state index contributed by atoms with van der Waals surface area (Å²) in [5, 5.41) is 3.19. The van der Waals surface area contributed by atoms with E-state index in [1.807, 2.05) is 24.3 Å². The fourth-order valence-electron chi connectivity index (χ4n) is 3.32. The summed E-state index contributed by atoms with van der Waals surface area (Å²) in [6.07, 6.45) is 3.97. The lowest BCUT2D eigenvalue weighted by atomic mass is 9.80. The highest BCUT2D eigenvalue weighted by atomic mass is 16.1. The van der Waals surface area contributed by atoms with Gasteiger partial charge in [-0.1, -0.05) is 38.1 Å². The van der Waals surface area contributed by atoms with Crippen molar-refractivity contribution in [2.24, 2.45) is 17.6 Å². The normalized spacial score (nSPS) is 26.2. The second kappa shape index (κ2) is 6.89. The zero-order valence-electron chi connectivity index (χ0n) is 12.6. The van der Waals surface area contributed by atoms with Gasteiger partial charge in [0, 0.05) is 12.6 Å². The van der Waals surface area contributed by atoms with Crippen molar-refractivity contribution in [2.75, 3.05) is 0 Å². The molecule has 1 aliphatic rings. The average molecular weight is 274 g/mol. The SMILES string of the molecule is CC1CC(C)CC(NC(=O)Cc2ccc(CN)cc2)C1. The van der Waals surface area contributed by atoms with Crippen molar-refractivity contribution in [1.29, 1.82) is 0 Å². The smallest absolute Gasteiger partial charge is 0.224 e. The third kappa shape index (κ3) is 4.34. The molecule has 1 aromatic rings. The van der Waals surface area contributed by atoms with E-state index in [4.69, 9.17) is 5.73 Å². The first-order chi connectivity index (χ1) is 9.56. The van der Waals surface area contributed by atoms with Crippen molar-refractivity contribution in [2.45, 2.75) is 52.1 Å². The molecule has 20 heavy (non-hydrogen) atoms. The first-order valence-corrected chi connectivity index (χ1v) is 7.64. The molecule has 0 aromatic heterocycles. The van der Waals surface area contributed by atoms with Crippen LogP contribution in [-0.4, -0.2) is 11.9 Å². The summed E-state index contributed by atoms with van der Waals surface area (Å²) < 4.78 is 0. The van der Waals surface area contributed by atoms with Gasteiger partial charge in [-0.2, -0.15) is 0 Å². The summed E-state index contributed by atoms with van der Waals surface area (Å²) >= 11 is 0. The highest BCUT2D eigenvalue weighted by Gasteiger charge is 2.24. The summed E-state index contributed by atoms with van der Waals surface area (Å²) in [7, 11) is 0. The Morgan fingerprint density at radius 2 is 1.65 bits per heavy atom. The van der Waals surface area contributed by atoms with Gasteiger partial charge in [-0.05, 0) is 42.2 Å². The molecule has 2 atom stereocenters. The van der Waals surface area contributed by atoms with E-state index in [0.717, 1.165) is 24.0 Å². The minimum absolute atomic E-state index is 0.136. The van der Waals surface area contributed by atoms with Crippen molar-refractivity contribution < 1.29 is 4.79 Å². The van der Waals surface area contributed by atoms with E-state index >= 15 is 0 Å². The maximum Gasteiger partial charge on any atom is 0.224 e. The summed E-state index contributed by atoms with van der Waals surface area (Å²) in [5.41, 5.74) is 7.72. The number of amides is 1. The van der Waals surface area contributed by atoms with Crippen LogP contribution in [0, 0.1) is 11.8 Å². The molecule has 3 heteroatoms. The van der Waals surface area contributed by atoms with Crippen molar-refractivity contribution in [3.63, 3.8) is 0 Å². The lowest BCUT2D eigenvalue weighted by Gasteiger charge is -2.32.